The van der Waals surface area contributed by atoms with E-state index < -0.39 is 17.9 Å². The molecule has 0 spiro atoms. The Morgan fingerprint density at radius 3 is 2.63 bits per heavy atom. The molecule has 0 bridgehead atoms. The molecule has 1 heterocycles. The van der Waals surface area contributed by atoms with E-state index in [-0.39, 0.29) is 5.54 Å². The number of nitrogens with zero attached hydrogens (tertiary/aromatic N) is 1. The van der Waals surface area contributed by atoms with Crippen LogP contribution in [0.5, 0.6) is 0 Å². The van der Waals surface area contributed by atoms with Crippen LogP contribution in [-0.4, -0.2) is 53.4 Å². The zero-order valence-corrected chi connectivity index (χ0v) is 12.5. The van der Waals surface area contributed by atoms with Crippen molar-refractivity contribution in [3.63, 3.8) is 0 Å². The maximum absolute atomic E-state index is 11.4. The molecule has 2 N–H and O–H groups in total. The molecule has 0 aliphatic carbocycles. The Kier molecular flexibility index (Phi) is 5.18. The summed E-state index contributed by atoms with van der Waals surface area (Å²) in [5.41, 5.74) is -0.682. The van der Waals surface area contributed by atoms with E-state index >= 15 is 0 Å². The molecule has 1 amide bonds. The first kappa shape index (κ1) is 16.2. The largest absolute Gasteiger partial charge is 0.444 e. The fourth-order valence-electron chi connectivity index (χ4n) is 1.91. The third-order valence-electron chi connectivity index (χ3n) is 2.89. The molecule has 1 aliphatic rings. The summed E-state index contributed by atoms with van der Waals surface area (Å²) in [6.45, 7) is 10.9. The standard InChI is InChI=1S/C13H26N2O4/c1-12(2,3)19-11(17)14-7-6-10(16)15-9-18-8-13(15,4)5/h10,16H,6-9H2,1-5H3,(H,14,17). The number of aliphatic hydroxyl groups excluding tert-OH is 1. The molecule has 0 aromatic carbocycles. The van der Waals surface area contributed by atoms with Crippen LogP contribution in [0.25, 0.3) is 0 Å². The van der Waals surface area contributed by atoms with E-state index in [1.807, 2.05) is 39.5 Å². The van der Waals surface area contributed by atoms with Gasteiger partial charge < -0.3 is 19.9 Å². The average molecular weight is 274 g/mol. The summed E-state index contributed by atoms with van der Waals surface area (Å²) in [5, 5.41) is 12.7. The van der Waals surface area contributed by atoms with E-state index in [0.29, 0.717) is 26.3 Å². The number of carbonyl (C=O) groups is 1. The Bertz CT molecular complexity index is 312. The van der Waals surface area contributed by atoms with Gasteiger partial charge in [0.15, 0.2) is 0 Å². The molecule has 0 aromatic heterocycles. The summed E-state index contributed by atoms with van der Waals surface area (Å²) in [6, 6.07) is 0. The minimum absolute atomic E-state index is 0.175. The fraction of sp³-hybridized carbons (Fsp3) is 0.923. The molecule has 1 saturated heterocycles. The Hall–Kier alpha value is -0.850. The van der Waals surface area contributed by atoms with Crippen LogP contribution in [-0.2, 0) is 9.47 Å². The number of hydrogen-bond acceptors (Lipinski definition) is 5. The van der Waals surface area contributed by atoms with Gasteiger partial charge in [-0.2, -0.15) is 0 Å². The van der Waals surface area contributed by atoms with Crippen LogP contribution in [0.1, 0.15) is 41.0 Å². The number of alkyl carbamates (subject to hydrolysis) is 1. The van der Waals surface area contributed by atoms with E-state index in [0.717, 1.165) is 0 Å². The van der Waals surface area contributed by atoms with Crippen LogP contribution < -0.4 is 5.32 Å². The third kappa shape index (κ3) is 5.34. The molecule has 1 rings (SSSR count). The van der Waals surface area contributed by atoms with Crippen molar-refractivity contribution in [1.29, 1.82) is 0 Å². The number of nitrogens with one attached hydrogen (secondary N) is 1. The summed E-state index contributed by atoms with van der Waals surface area (Å²) < 4.78 is 10.5. The number of carbonyl (C=O) groups excluding carboxylic acids is 1. The number of ether oxygens (including phenoxy) is 2. The first-order valence-corrected chi connectivity index (χ1v) is 6.61. The molecular formula is C13H26N2O4. The lowest BCUT2D eigenvalue weighted by Gasteiger charge is -2.33. The Labute approximate surface area is 115 Å². The van der Waals surface area contributed by atoms with Crippen LogP contribution >= 0.6 is 0 Å². The highest BCUT2D eigenvalue weighted by Crippen LogP contribution is 2.24. The summed E-state index contributed by atoms with van der Waals surface area (Å²) in [7, 11) is 0. The van der Waals surface area contributed by atoms with Crippen LogP contribution in [0.4, 0.5) is 4.79 Å². The zero-order valence-electron chi connectivity index (χ0n) is 12.5. The number of aliphatic hydroxyl groups is 1. The average Bonchev–Trinajstić information content (AvgIpc) is 2.55. The quantitative estimate of drug-likeness (QED) is 0.808. The molecule has 6 heteroatoms. The lowest BCUT2D eigenvalue weighted by atomic mass is 10.1. The minimum Gasteiger partial charge on any atom is -0.444 e. The van der Waals surface area contributed by atoms with Crippen molar-refractivity contribution in [2.75, 3.05) is 19.9 Å². The highest BCUT2D eigenvalue weighted by molar-refractivity contribution is 5.67. The highest BCUT2D eigenvalue weighted by atomic mass is 16.6. The Morgan fingerprint density at radius 2 is 2.16 bits per heavy atom. The van der Waals surface area contributed by atoms with Gasteiger partial charge in [-0.15, -0.1) is 0 Å². The van der Waals surface area contributed by atoms with Gasteiger partial charge in [-0.05, 0) is 34.6 Å². The predicted octanol–water partition coefficient (Wildman–Crippen LogP) is 1.29. The van der Waals surface area contributed by atoms with Crippen molar-refractivity contribution in [3.05, 3.63) is 0 Å². The topological polar surface area (TPSA) is 71.0 Å². The van der Waals surface area contributed by atoms with E-state index in [1.165, 1.54) is 0 Å². The van der Waals surface area contributed by atoms with Crippen molar-refractivity contribution in [2.45, 2.75) is 58.4 Å². The van der Waals surface area contributed by atoms with Crippen molar-refractivity contribution >= 4 is 6.09 Å². The molecule has 19 heavy (non-hydrogen) atoms. The van der Waals surface area contributed by atoms with Crippen molar-refractivity contribution in [3.8, 4) is 0 Å². The summed E-state index contributed by atoms with van der Waals surface area (Å²) in [5.74, 6) is 0. The SMILES string of the molecule is CC(C)(C)OC(=O)NCCC(O)N1COCC1(C)C. The van der Waals surface area contributed by atoms with Gasteiger partial charge in [0.05, 0.1) is 6.61 Å². The van der Waals surface area contributed by atoms with Crippen molar-refractivity contribution in [1.82, 2.24) is 10.2 Å². The molecule has 1 fully saturated rings. The second kappa shape index (κ2) is 6.07. The van der Waals surface area contributed by atoms with Gasteiger partial charge in [0.1, 0.15) is 18.6 Å². The van der Waals surface area contributed by atoms with Gasteiger partial charge in [-0.1, -0.05) is 0 Å². The number of amides is 1. The minimum atomic E-state index is -0.632. The summed E-state index contributed by atoms with van der Waals surface area (Å²) >= 11 is 0. The first-order valence-electron chi connectivity index (χ1n) is 6.61. The van der Waals surface area contributed by atoms with Gasteiger partial charge in [-0.3, -0.25) is 0 Å². The lowest BCUT2D eigenvalue weighted by Crippen LogP contribution is -2.48. The fourth-order valence-corrected chi connectivity index (χ4v) is 1.91. The predicted molar refractivity (Wildman–Crippen MR) is 71.6 cm³/mol. The molecule has 112 valence electrons. The van der Waals surface area contributed by atoms with E-state index in [4.69, 9.17) is 9.47 Å². The van der Waals surface area contributed by atoms with Gasteiger partial charge in [0.25, 0.3) is 0 Å². The lowest BCUT2D eigenvalue weighted by molar-refractivity contribution is -0.0472. The van der Waals surface area contributed by atoms with Gasteiger partial charge in [-0.25, -0.2) is 9.69 Å². The van der Waals surface area contributed by atoms with Gasteiger partial charge >= 0.3 is 6.09 Å². The molecule has 1 unspecified atom stereocenters. The zero-order chi connectivity index (χ0) is 14.7. The van der Waals surface area contributed by atoms with Crippen molar-refractivity contribution in [2.24, 2.45) is 0 Å². The summed E-state index contributed by atoms with van der Waals surface area (Å²) in [6.07, 6.45) is -0.657. The monoisotopic (exact) mass is 274 g/mol. The molecule has 6 nitrogen and oxygen atoms in total. The molecule has 1 aliphatic heterocycles. The Balaban J connectivity index is 2.28. The second-order valence-corrected chi connectivity index (χ2v) is 6.46. The van der Waals surface area contributed by atoms with Gasteiger partial charge in [0, 0.05) is 18.5 Å². The van der Waals surface area contributed by atoms with Crippen LogP contribution in [0.3, 0.4) is 0 Å². The van der Waals surface area contributed by atoms with Gasteiger partial charge in [0.2, 0.25) is 0 Å². The van der Waals surface area contributed by atoms with E-state index in [9.17, 15) is 9.90 Å². The van der Waals surface area contributed by atoms with Crippen LogP contribution in [0, 0.1) is 0 Å². The van der Waals surface area contributed by atoms with E-state index in [1.54, 1.807) is 0 Å². The molecular weight excluding hydrogens is 248 g/mol. The third-order valence-corrected chi connectivity index (χ3v) is 2.89. The molecule has 1 atom stereocenters. The second-order valence-electron chi connectivity index (χ2n) is 6.46. The number of hydrogen-bond donors (Lipinski definition) is 2. The van der Waals surface area contributed by atoms with Crippen LogP contribution in [0.15, 0.2) is 0 Å². The molecule has 0 radical (unpaired) electrons. The molecule has 0 saturated carbocycles. The van der Waals surface area contributed by atoms with Crippen molar-refractivity contribution < 1.29 is 19.4 Å². The first-order chi connectivity index (χ1) is 8.62. The normalized spacial score (nSPS) is 21.2. The maximum Gasteiger partial charge on any atom is 0.407 e. The molecule has 0 aromatic rings. The van der Waals surface area contributed by atoms with E-state index in [2.05, 4.69) is 5.32 Å². The highest BCUT2D eigenvalue weighted by Gasteiger charge is 2.36. The smallest absolute Gasteiger partial charge is 0.407 e. The summed E-state index contributed by atoms with van der Waals surface area (Å²) in [4.78, 5) is 13.3. The Morgan fingerprint density at radius 1 is 1.53 bits per heavy atom. The number of rotatable bonds is 4. The maximum atomic E-state index is 11.4. The van der Waals surface area contributed by atoms with Crippen LogP contribution in [0.2, 0.25) is 0 Å².